The average molecular weight is 344 g/mol. The van der Waals surface area contributed by atoms with Crippen LogP contribution in [0.5, 0.6) is 0 Å². The van der Waals surface area contributed by atoms with Gasteiger partial charge in [-0.25, -0.2) is 4.39 Å². The first kappa shape index (κ1) is 18.6. The second-order valence-corrected chi connectivity index (χ2v) is 5.85. The van der Waals surface area contributed by atoms with E-state index in [4.69, 9.17) is 0 Å². The van der Waals surface area contributed by atoms with Crippen molar-refractivity contribution >= 4 is 11.8 Å². The summed E-state index contributed by atoms with van der Waals surface area (Å²) in [4.78, 5) is 23.7. The second-order valence-electron chi connectivity index (χ2n) is 5.85. The highest BCUT2D eigenvalue weighted by atomic mass is 19.1. The normalized spacial score (nSPS) is 12.9. The summed E-state index contributed by atoms with van der Waals surface area (Å²) in [6, 6.07) is 14.4. The van der Waals surface area contributed by atoms with Crippen molar-refractivity contribution in [3.63, 3.8) is 0 Å². The van der Waals surface area contributed by atoms with Gasteiger partial charge in [0.05, 0.1) is 6.10 Å². The summed E-state index contributed by atoms with van der Waals surface area (Å²) in [5.41, 5.74) is 1.44. The standard InChI is InChI=1S/C19H21FN2O3/c1-13(11-17(23)15-5-3-2-4-6-15)22-19(25)18(24)21-12-14-7-9-16(20)10-8-14/h2-10,13,17,23H,11-12H2,1H3,(H,21,24)(H,22,25). The van der Waals surface area contributed by atoms with Crippen LogP contribution < -0.4 is 10.6 Å². The van der Waals surface area contributed by atoms with Gasteiger partial charge in [0.1, 0.15) is 5.82 Å². The molecule has 0 aliphatic heterocycles. The molecule has 0 aromatic heterocycles. The number of amides is 2. The quantitative estimate of drug-likeness (QED) is 0.702. The van der Waals surface area contributed by atoms with E-state index in [-0.39, 0.29) is 18.4 Å². The fourth-order valence-corrected chi connectivity index (χ4v) is 2.36. The van der Waals surface area contributed by atoms with E-state index in [1.54, 1.807) is 19.1 Å². The summed E-state index contributed by atoms with van der Waals surface area (Å²) in [6.45, 7) is 1.85. The number of halogens is 1. The van der Waals surface area contributed by atoms with E-state index < -0.39 is 17.9 Å². The van der Waals surface area contributed by atoms with E-state index >= 15 is 0 Å². The van der Waals surface area contributed by atoms with E-state index in [0.29, 0.717) is 12.0 Å². The van der Waals surface area contributed by atoms with Gasteiger partial charge in [-0.1, -0.05) is 42.5 Å². The number of aliphatic hydroxyl groups is 1. The molecule has 2 atom stereocenters. The van der Waals surface area contributed by atoms with Crippen molar-refractivity contribution in [2.75, 3.05) is 0 Å². The number of carbonyl (C=O) groups excluding carboxylic acids is 2. The van der Waals surface area contributed by atoms with Gasteiger partial charge in [0.15, 0.2) is 0 Å². The summed E-state index contributed by atoms with van der Waals surface area (Å²) in [5, 5.41) is 15.2. The summed E-state index contributed by atoms with van der Waals surface area (Å²) in [5.74, 6) is -1.90. The fourth-order valence-electron chi connectivity index (χ4n) is 2.36. The molecule has 6 heteroatoms. The van der Waals surface area contributed by atoms with Gasteiger partial charge in [-0.05, 0) is 36.6 Å². The summed E-state index contributed by atoms with van der Waals surface area (Å²) >= 11 is 0. The number of hydrogen-bond acceptors (Lipinski definition) is 3. The number of aliphatic hydroxyl groups excluding tert-OH is 1. The number of rotatable bonds is 6. The van der Waals surface area contributed by atoms with Crippen molar-refractivity contribution in [3.8, 4) is 0 Å². The molecule has 0 aliphatic rings. The van der Waals surface area contributed by atoms with Crippen molar-refractivity contribution in [1.29, 1.82) is 0 Å². The number of nitrogens with one attached hydrogen (secondary N) is 2. The first-order valence-corrected chi connectivity index (χ1v) is 8.02. The molecule has 2 aromatic rings. The topological polar surface area (TPSA) is 78.4 Å². The van der Waals surface area contributed by atoms with Gasteiger partial charge in [0, 0.05) is 12.6 Å². The predicted molar refractivity (Wildman–Crippen MR) is 91.9 cm³/mol. The largest absolute Gasteiger partial charge is 0.388 e. The minimum absolute atomic E-state index is 0.132. The first-order valence-electron chi connectivity index (χ1n) is 8.02. The molecule has 0 saturated carbocycles. The molecular formula is C19H21FN2O3. The second kappa shape index (κ2) is 8.94. The van der Waals surface area contributed by atoms with Crippen LogP contribution in [0.1, 0.15) is 30.6 Å². The highest BCUT2D eigenvalue weighted by Gasteiger charge is 2.18. The smallest absolute Gasteiger partial charge is 0.309 e. The minimum Gasteiger partial charge on any atom is -0.388 e. The zero-order chi connectivity index (χ0) is 18.2. The predicted octanol–water partition coefficient (Wildman–Crippen LogP) is 2.07. The van der Waals surface area contributed by atoms with E-state index in [1.165, 1.54) is 24.3 Å². The number of hydrogen-bond donors (Lipinski definition) is 3. The Kier molecular flexibility index (Phi) is 6.65. The van der Waals surface area contributed by atoms with Crippen LogP contribution >= 0.6 is 0 Å². The Morgan fingerprint density at radius 3 is 2.32 bits per heavy atom. The van der Waals surface area contributed by atoms with E-state index in [2.05, 4.69) is 10.6 Å². The van der Waals surface area contributed by atoms with Crippen LogP contribution in [0.15, 0.2) is 54.6 Å². The molecule has 0 bridgehead atoms. The average Bonchev–Trinajstić information content (AvgIpc) is 2.61. The highest BCUT2D eigenvalue weighted by Crippen LogP contribution is 2.17. The van der Waals surface area contributed by atoms with Gasteiger partial charge in [-0.2, -0.15) is 0 Å². The monoisotopic (exact) mass is 344 g/mol. The minimum atomic E-state index is -0.773. The maximum atomic E-state index is 12.8. The Labute approximate surface area is 145 Å². The van der Waals surface area contributed by atoms with Crippen LogP contribution in [-0.4, -0.2) is 23.0 Å². The van der Waals surface area contributed by atoms with Crippen molar-refractivity contribution in [2.24, 2.45) is 0 Å². The zero-order valence-electron chi connectivity index (χ0n) is 13.9. The molecule has 2 aromatic carbocycles. The van der Waals surface area contributed by atoms with Gasteiger partial charge in [0.2, 0.25) is 0 Å². The molecule has 0 radical (unpaired) electrons. The van der Waals surface area contributed by atoms with Crippen LogP contribution in [0.4, 0.5) is 4.39 Å². The summed E-state index contributed by atoms with van der Waals surface area (Å²) in [7, 11) is 0. The van der Waals surface area contributed by atoms with Crippen LogP contribution in [0, 0.1) is 5.82 Å². The SMILES string of the molecule is CC(CC(O)c1ccccc1)NC(=O)C(=O)NCc1ccc(F)cc1. The first-order chi connectivity index (χ1) is 12.0. The molecule has 5 nitrogen and oxygen atoms in total. The molecule has 3 N–H and O–H groups in total. The summed E-state index contributed by atoms with van der Waals surface area (Å²) < 4.78 is 12.8. The van der Waals surface area contributed by atoms with Crippen LogP contribution in [0.2, 0.25) is 0 Å². The maximum Gasteiger partial charge on any atom is 0.309 e. The van der Waals surface area contributed by atoms with Gasteiger partial charge in [-0.3, -0.25) is 9.59 Å². The molecule has 2 rings (SSSR count). The Morgan fingerprint density at radius 1 is 1.04 bits per heavy atom. The molecule has 2 amide bonds. The molecule has 0 heterocycles. The highest BCUT2D eigenvalue weighted by molar-refractivity contribution is 6.35. The maximum absolute atomic E-state index is 12.8. The molecule has 2 unspecified atom stereocenters. The molecule has 0 fully saturated rings. The lowest BCUT2D eigenvalue weighted by Gasteiger charge is -2.18. The van der Waals surface area contributed by atoms with Crippen LogP contribution in [0.25, 0.3) is 0 Å². The van der Waals surface area contributed by atoms with Crippen molar-refractivity contribution in [3.05, 3.63) is 71.5 Å². The third-order valence-electron chi connectivity index (χ3n) is 3.71. The summed E-state index contributed by atoms with van der Waals surface area (Å²) in [6.07, 6.45) is -0.431. The molecule has 25 heavy (non-hydrogen) atoms. The third kappa shape index (κ3) is 6.00. The van der Waals surface area contributed by atoms with Crippen molar-refractivity contribution < 1.29 is 19.1 Å². The Morgan fingerprint density at radius 2 is 1.68 bits per heavy atom. The van der Waals surface area contributed by atoms with Crippen LogP contribution in [-0.2, 0) is 16.1 Å². The molecular weight excluding hydrogens is 323 g/mol. The third-order valence-corrected chi connectivity index (χ3v) is 3.71. The fraction of sp³-hybridized carbons (Fsp3) is 0.263. The van der Waals surface area contributed by atoms with Crippen LogP contribution in [0.3, 0.4) is 0 Å². The lowest BCUT2D eigenvalue weighted by Crippen LogP contribution is -2.43. The van der Waals surface area contributed by atoms with Crippen molar-refractivity contribution in [1.82, 2.24) is 10.6 Å². The molecule has 0 spiro atoms. The Hall–Kier alpha value is -2.73. The lowest BCUT2D eigenvalue weighted by atomic mass is 10.0. The van der Waals surface area contributed by atoms with Gasteiger partial charge in [0.25, 0.3) is 0 Å². The number of carbonyl (C=O) groups is 2. The van der Waals surface area contributed by atoms with E-state index in [9.17, 15) is 19.1 Å². The van der Waals surface area contributed by atoms with Gasteiger partial charge < -0.3 is 15.7 Å². The molecule has 132 valence electrons. The molecule has 0 saturated heterocycles. The van der Waals surface area contributed by atoms with E-state index in [0.717, 1.165) is 5.56 Å². The number of benzene rings is 2. The Bertz CT molecular complexity index is 704. The lowest BCUT2D eigenvalue weighted by molar-refractivity contribution is -0.139. The molecule has 0 aliphatic carbocycles. The van der Waals surface area contributed by atoms with Crippen molar-refractivity contribution in [2.45, 2.75) is 32.0 Å². The van der Waals surface area contributed by atoms with Gasteiger partial charge >= 0.3 is 11.8 Å². The van der Waals surface area contributed by atoms with Gasteiger partial charge in [-0.15, -0.1) is 0 Å². The zero-order valence-corrected chi connectivity index (χ0v) is 13.9. The Balaban J connectivity index is 1.77. The van der Waals surface area contributed by atoms with E-state index in [1.807, 2.05) is 18.2 Å².